The normalized spacial score (nSPS) is 10.9. The molecule has 0 aliphatic heterocycles. The van der Waals surface area contributed by atoms with E-state index in [0.717, 1.165) is 39.2 Å². The minimum Gasteiger partial charge on any atom is -0.508 e. The van der Waals surface area contributed by atoms with Crippen LogP contribution in [-0.4, -0.2) is 15.3 Å². The van der Waals surface area contributed by atoms with E-state index >= 15 is 0 Å². The summed E-state index contributed by atoms with van der Waals surface area (Å²) in [6, 6.07) is 19.6. The van der Waals surface area contributed by atoms with Crippen LogP contribution in [0.2, 0.25) is 0 Å². The fourth-order valence-corrected chi connectivity index (χ4v) is 4.11. The van der Waals surface area contributed by atoms with Crippen molar-refractivity contribution in [1.29, 1.82) is 0 Å². The Kier molecular flexibility index (Phi) is 6.12. The number of aryl methyl sites for hydroxylation is 3. The topological polar surface area (TPSA) is 73.2 Å². The van der Waals surface area contributed by atoms with E-state index in [-0.39, 0.29) is 17.2 Å². The lowest BCUT2D eigenvalue weighted by Crippen LogP contribution is -2.14. The molecule has 5 heteroatoms. The predicted octanol–water partition coefficient (Wildman–Crippen LogP) is 7.61. The summed E-state index contributed by atoms with van der Waals surface area (Å²) in [6.07, 6.45) is 0. The van der Waals surface area contributed by atoms with Crippen molar-refractivity contribution >= 4 is 17.1 Å². The Balaban J connectivity index is 2.01. The molecule has 0 aliphatic carbocycles. The summed E-state index contributed by atoms with van der Waals surface area (Å²) >= 11 is 0. The molecule has 0 aromatic heterocycles. The summed E-state index contributed by atoms with van der Waals surface area (Å²) in [5.74, 6) is 1.24. The first-order chi connectivity index (χ1) is 16.2. The number of para-hydroxylation sites is 3. The molecule has 3 N–H and O–H groups in total. The lowest BCUT2D eigenvalue weighted by Gasteiger charge is -2.31. The van der Waals surface area contributed by atoms with Crippen molar-refractivity contribution in [3.63, 3.8) is 0 Å². The van der Waals surface area contributed by atoms with Crippen LogP contribution in [0, 0.1) is 34.6 Å². The zero-order valence-electron chi connectivity index (χ0n) is 20.0. The van der Waals surface area contributed by atoms with Crippen molar-refractivity contribution in [2.45, 2.75) is 34.6 Å². The average molecular weight is 456 g/mol. The summed E-state index contributed by atoms with van der Waals surface area (Å²) < 4.78 is 6.28. The summed E-state index contributed by atoms with van der Waals surface area (Å²) in [5, 5.41) is 31.4. The van der Waals surface area contributed by atoms with Crippen LogP contribution in [0.4, 0.5) is 17.1 Å². The summed E-state index contributed by atoms with van der Waals surface area (Å²) in [6.45, 7) is 9.77. The largest absolute Gasteiger partial charge is 0.508 e. The number of phenols is 3. The molecule has 4 rings (SSSR count). The van der Waals surface area contributed by atoms with E-state index in [1.807, 2.05) is 69.9 Å². The minimum absolute atomic E-state index is 0.0510. The highest BCUT2D eigenvalue weighted by atomic mass is 16.5. The van der Waals surface area contributed by atoms with Gasteiger partial charge in [-0.3, -0.25) is 0 Å². The summed E-state index contributed by atoms with van der Waals surface area (Å²) in [5.41, 5.74) is 6.85. The molecule has 0 aliphatic rings. The molecule has 0 saturated heterocycles. The van der Waals surface area contributed by atoms with Crippen molar-refractivity contribution in [3.8, 4) is 28.7 Å². The van der Waals surface area contributed by atoms with Crippen LogP contribution < -0.4 is 9.64 Å². The van der Waals surface area contributed by atoms with Gasteiger partial charge in [-0.15, -0.1) is 0 Å². The van der Waals surface area contributed by atoms with Gasteiger partial charge in [0.05, 0.1) is 17.1 Å². The lowest BCUT2D eigenvalue weighted by atomic mass is 10.0. The Hall–Kier alpha value is -4.12. The van der Waals surface area contributed by atoms with Crippen molar-refractivity contribution in [3.05, 3.63) is 94.5 Å². The van der Waals surface area contributed by atoms with Crippen LogP contribution in [0.1, 0.15) is 27.8 Å². The van der Waals surface area contributed by atoms with Gasteiger partial charge in [0.15, 0.2) is 17.2 Å². The van der Waals surface area contributed by atoms with E-state index in [2.05, 4.69) is 0 Å². The molecule has 0 bridgehead atoms. The zero-order valence-corrected chi connectivity index (χ0v) is 20.0. The third-order valence-corrected chi connectivity index (χ3v) is 6.24. The molecule has 0 saturated carbocycles. The molecule has 0 radical (unpaired) electrons. The van der Waals surface area contributed by atoms with E-state index in [0.29, 0.717) is 17.2 Å². The van der Waals surface area contributed by atoms with Crippen LogP contribution >= 0.6 is 0 Å². The van der Waals surface area contributed by atoms with Crippen molar-refractivity contribution in [1.82, 2.24) is 0 Å². The second-order valence-electron chi connectivity index (χ2n) is 8.64. The van der Waals surface area contributed by atoms with Gasteiger partial charge in [-0.05, 0) is 92.8 Å². The molecule has 0 unspecified atom stereocenters. The SMILES string of the molecule is Cc1cc(O)cc(N(c2ccccc2Oc2c(C)cccc2O)c2cc(O)cc(C)c2C)c1C. The van der Waals surface area contributed by atoms with Crippen LogP contribution in [0.5, 0.6) is 28.7 Å². The Labute approximate surface area is 200 Å². The number of hydrogen-bond acceptors (Lipinski definition) is 5. The third-order valence-electron chi connectivity index (χ3n) is 6.24. The first-order valence-electron chi connectivity index (χ1n) is 11.1. The van der Waals surface area contributed by atoms with E-state index in [1.54, 1.807) is 36.4 Å². The highest BCUT2D eigenvalue weighted by Gasteiger charge is 2.23. The van der Waals surface area contributed by atoms with Crippen LogP contribution in [0.3, 0.4) is 0 Å². The van der Waals surface area contributed by atoms with E-state index in [1.165, 1.54) is 0 Å². The van der Waals surface area contributed by atoms with Gasteiger partial charge in [-0.2, -0.15) is 0 Å². The molecule has 4 aromatic rings. The second kappa shape index (κ2) is 9.02. The number of benzene rings is 4. The number of aromatic hydroxyl groups is 3. The molecule has 174 valence electrons. The molecule has 0 spiro atoms. The van der Waals surface area contributed by atoms with Gasteiger partial charge in [-0.25, -0.2) is 0 Å². The van der Waals surface area contributed by atoms with Crippen LogP contribution in [-0.2, 0) is 0 Å². The summed E-state index contributed by atoms with van der Waals surface area (Å²) in [7, 11) is 0. The zero-order chi connectivity index (χ0) is 24.6. The highest BCUT2D eigenvalue weighted by molar-refractivity contribution is 5.85. The van der Waals surface area contributed by atoms with Crippen LogP contribution in [0.15, 0.2) is 66.7 Å². The van der Waals surface area contributed by atoms with Gasteiger partial charge in [0.1, 0.15) is 11.5 Å². The van der Waals surface area contributed by atoms with Gasteiger partial charge < -0.3 is 25.0 Å². The first kappa shape index (κ1) is 23.1. The quantitative estimate of drug-likeness (QED) is 0.289. The Morgan fingerprint density at radius 1 is 0.588 bits per heavy atom. The number of hydrogen-bond donors (Lipinski definition) is 3. The van der Waals surface area contributed by atoms with Crippen molar-refractivity contribution in [2.24, 2.45) is 0 Å². The molecular weight excluding hydrogens is 426 g/mol. The van der Waals surface area contributed by atoms with Crippen LogP contribution in [0.25, 0.3) is 0 Å². The number of rotatable bonds is 5. The molecule has 4 aromatic carbocycles. The molecular formula is C29H29NO4. The molecule has 0 heterocycles. The van der Waals surface area contributed by atoms with Gasteiger partial charge >= 0.3 is 0 Å². The lowest BCUT2D eigenvalue weighted by molar-refractivity contribution is 0.409. The number of ether oxygens (including phenoxy) is 1. The minimum atomic E-state index is 0.0510. The van der Waals surface area contributed by atoms with E-state index < -0.39 is 0 Å². The number of nitrogens with zero attached hydrogens (tertiary/aromatic N) is 1. The second-order valence-corrected chi connectivity index (χ2v) is 8.64. The fourth-order valence-electron chi connectivity index (χ4n) is 4.11. The highest BCUT2D eigenvalue weighted by Crippen LogP contribution is 2.47. The van der Waals surface area contributed by atoms with Crippen molar-refractivity contribution in [2.75, 3.05) is 4.90 Å². The smallest absolute Gasteiger partial charge is 0.172 e. The van der Waals surface area contributed by atoms with Gasteiger partial charge in [0.25, 0.3) is 0 Å². The van der Waals surface area contributed by atoms with E-state index in [4.69, 9.17) is 4.74 Å². The maximum atomic E-state index is 10.5. The monoisotopic (exact) mass is 455 g/mol. The molecule has 5 nitrogen and oxygen atoms in total. The molecule has 34 heavy (non-hydrogen) atoms. The number of phenolic OH excluding ortho intramolecular Hbond substituents is 3. The van der Waals surface area contributed by atoms with E-state index in [9.17, 15) is 15.3 Å². The Morgan fingerprint density at radius 3 is 1.71 bits per heavy atom. The molecule has 0 amide bonds. The fraction of sp³-hybridized carbons (Fsp3) is 0.172. The predicted molar refractivity (Wildman–Crippen MR) is 136 cm³/mol. The number of anilines is 3. The first-order valence-corrected chi connectivity index (χ1v) is 11.1. The Bertz CT molecular complexity index is 1300. The Morgan fingerprint density at radius 2 is 1.15 bits per heavy atom. The maximum absolute atomic E-state index is 10.5. The van der Waals surface area contributed by atoms with Gasteiger partial charge in [0, 0.05) is 12.1 Å². The van der Waals surface area contributed by atoms with Gasteiger partial charge in [-0.1, -0.05) is 24.3 Å². The third kappa shape index (κ3) is 4.25. The van der Waals surface area contributed by atoms with Gasteiger partial charge in [0.2, 0.25) is 0 Å². The molecule has 0 fully saturated rings. The van der Waals surface area contributed by atoms with Crippen molar-refractivity contribution < 1.29 is 20.1 Å². The maximum Gasteiger partial charge on any atom is 0.172 e. The average Bonchev–Trinajstić information content (AvgIpc) is 2.78. The standard InChI is InChI=1S/C29H29NO4/c1-17-9-8-11-27(33)29(17)34-28-12-7-6-10-24(28)30(25-15-22(31)13-18(2)20(25)4)26-16-23(32)14-19(3)21(26)5/h6-16,31-33H,1-5H3. The molecule has 0 atom stereocenters. The summed E-state index contributed by atoms with van der Waals surface area (Å²) in [4.78, 5) is 1.98.